The van der Waals surface area contributed by atoms with Crippen LogP contribution in [0.5, 0.6) is 0 Å². The summed E-state index contributed by atoms with van der Waals surface area (Å²) in [5.41, 5.74) is 0.0176. The number of rotatable bonds is 7. The second kappa shape index (κ2) is 9.33. The number of benzene rings is 1. The first-order chi connectivity index (χ1) is 12.4. The summed E-state index contributed by atoms with van der Waals surface area (Å²) in [6.45, 7) is 1.92. The topological polar surface area (TPSA) is 98.5 Å². The average Bonchev–Trinajstić information content (AvgIpc) is 2.62. The average molecular weight is 381 g/mol. The van der Waals surface area contributed by atoms with Gasteiger partial charge < -0.3 is 10.1 Å². The van der Waals surface area contributed by atoms with Gasteiger partial charge in [0.05, 0.1) is 18.0 Å². The molecule has 0 saturated carbocycles. The van der Waals surface area contributed by atoms with E-state index in [-0.39, 0.29) is 35.2 Å². The van der Waals surface area contributed by atoms with Crippen LogP contribution in [0.2, 0.25) is 5.02 Å². The number of nitro groups is 1. The van der Waals surface area contributed by atoms with Crippen molar-refractivity contribution in [1.29, 1.82) is 0 Å². The minimum Gasteiger partial charge on any atom is -0.464 e. The lowest BCUT2D eigenvalue weighted by Gasteiger charge is -2.27. The van der Waals surface area contributed by atoms with E-state index in [4.69, 9.17) is 16.3 Å². The van der Waals surface area contributed by atoms with E-state index in [2.05, 4.69) is 5.32 Å². The quantitative estimate of drug-likeness (QED) is 0.339. The van der Waals surface area contributed by atoms with E-state index in [1.54, 1.807) is 6.92 Å². The van der Waals surface area contributed by atoms with Crippen molar-refractivity contribution in [1.82, 2.24) is 5.32 Å². The standard InChI is InChI=1S/C18H21ClN2O5/c1-2-26-18(23)17(12-6-4-3-5-7-12)20-16(22)10-13-8-9-14(19)11-15(13)21(24)25/h3-4,8-9,11-12,17H,2,5-7,10H2,1H3,(H,20,22). The van der Waals surface area contributed by atoms with Gasteiger partial charge in [0.1, 0.15) is 6.04 Å². The molecule has 0 fully saturated rings. The van der Waals surface area contributed by atoms with Crippen molar-refractivity contribution in [2.45, 2.75) is 38.6 Å². The van der Waals surface area contributed by atoms with Crippen molar-refractivity contribution < 1.29 is 19.2 Å². The number of nitrogens with zero attached hydrogens (tertiary/aromatic N) is 1. The molecule has 1 N–H and O–H groups in total. The van der Waals surface area contributed by atoms with Gasteiger partial charge in [-0.05, 0) is 38.2 Å². The van der Waals surface area contributed by atoms with Crippen LogP contribution in [-0.4, -0.2) is 29.4 Å². The summed E-state index contributed by atoms with van der Waals surface area (Å²) in [5, 5.41) is 14.1. The number of carbonyl (C=O) groups is 2. The largest absolute Gasteiger partial charge is 0.464 e. The second-order valence-corrected chi connectivity index (χ2v) is 6.49. The molecule has 0 spiro atoms. The van der Waals surface area contributed by atoms with Crippen LogP contribution in [0.15, 0.2) is 30.4 Å². The van der Waals surface area contributed by atoms with E-state index in [1.807, 2.05) is 12.2 Å². The zero-order valence-corrected chi connectivity index (χ0v) is 15.2. The van der Waals surface area contributed by atoms with Gasteiger partial charge >= 0.3 is 5.97 Å². The summed E-state index contributed by atoms with van der Waals surface area (Å²) < 4.78 is 5.08. The van der Waals surface area contributed by atoms with Crippen LogP contribution in [0, 0.1) is 16.0 Å². The monoisotopic (exact) mass is 380 g/mol. The molecule has 8 heteroatoms. The normalized spacial score (nSPS) is 17.4. The molecule has 26 heavy (non-hydrogen) atoms. The number of amides is 1. The van der Waals surface area contributed by atoms with Crippen LogP contribution in [0.4, 0.5) is 5.69 Å². The van der Waals surface area contributed by atoms with Crippen molar-refractivity contribution in [3.05, 3.63) is 51.1 Å². The first-order valence-electron chi connectivity index (χ1n) is 8.46. The van der Waals surface area contributed by atoms with Gasteiger partial charge in [0.25, 0.3) is 5.69 Å². The number of halogens is 1. The van der Waals surface area contributed by atoms with Gasteiger partial charge in [-0.2, -0.15) is 0 Å². The molecule has 0 radical (unpaired) electrons. The zero-order valence-electron chi connectivity index (χ0n) is 14.4. The van der Waals surface area contributed by atoms with Crippen molar-refractivity contribution in [2.24, 2.45) is 5.92 Å². The van der Waals surface area contributed by atoms with Gasteiger partial charge in [0, 0.05) is 16.7 Å². The minimum atomic E-state index is -0.765. The van der Waals surface area contributed by atoms with E-state index in [1.165, 1.54) is 18.2 Å². The Bertz CT molecular complexity index is 720. The highest BCUT2D eigenvalue weighted by Gasteiger charge is 2.31. The third kappa shape index (κ3) is 5.29. The number of hydrogen-bond donors (Lipinski definition) is 1. The molecular formula is C18H21ClN2O5. The summed E-state index contributed by atoms with van der Waals surface area (Å²) in [6.07, 6.45) is 6.07. The van der Waals surface area contributed by atoms with Crippen LogP contribution in [0.25, 0.3) is 0 Å². The fourth-order valence-electron chi connectivity index (χ4n) is 2.97. The Kier molecular flexibility index (Phi) is 7.15. The smallest absolute Gasteiger partial charge is 0.328 e. The lowest BCUT2D eigenvalue weighted by atomic mass is 9.87. The predicted octanol–water partition coefficient (Wildman–Crippen LogP) is 3.19. The van der Waals surface area contributed by atoms with Crippen molar-refractivity contribution in [3.8, 4) is 0 Å². The third-order valence-electron chi connectivity index (χ3n) is 4.23. The van der Waals surface area contributed by atoms with E-state index < -0.39 is 22.8 Å². The first-order valence-corrected chi connectivity index (χ1v) is 8.84. The SMILES string of the molecule is CCOC(=O)C(NC(=O)Cc1ccc(Cl)cc1[N+](=O)[O-])C1CC=CCC1. The first kappa shape index (κ1) is 19.9. The number of ether oxygens (including phenoxy) is 1. The Morgan fingerprint density at radius 1 is 1.42 bits per heavy atom. The number of carbonyl (C=O) groups excluding carboxylic acids is 2. The van der Waals surface area contributed by atoms with Crippen LogP contribution in [-0.2, 0) is 20.7 Å². The molecule has 1 amide bonds. The molecule has 1 aromatic rings. The van der Waals surface area contributed by atoms with Crippen molar-refractivity contribution >= 4 is 29.2 Å². The number of hydrogen-bond acceptors (Lipinski definition) is 5. The van der Waals surface area contributed by atoms with Crippen molar-refractivity contribution in [2.75, 3.05) is 6.61 Å². The van der Waals surface area contributed by atoms with Crippen LogP contribution in [0.3, 0.4) is 0 Å². The Labute approximate surface area is 156 Å². The van der Waals surface area contributed by atoms with Crippen LogP contribution < -0.4 is 5.32 Å². The summed E-state index contributed by atoms with van der Waals surface area (Å²) in [7, 11) is 0. The minimum absolute atomic E-state index is 0.0526. The molecule has 7 nitrogen and oxygen atoms in total. The molecule has 0 saturated heterocycles. The summed E-state index contributed by atoms with van der Waals surface area (Å²) >= 11 is 5.79. The van der Waals surface area contributed by atoms with Crippen LogP contribution in [0.1, 0.15) is 31.7 Å². The second-order valence-electron chi connectivity index (χ2n) is 6.05. The lowest BCUT2D eigenvalue weighted by molar-refractivity contribution is -0.385. The molecule has 0 heterocycles. The lowest BCUT2D eigenvalue weighted by Crippen LogP contribution is -2.47. The van der Waals surface area contributed by atoms with E-state index in [0.717, 1.165) is 12.8 Å². The zero-order chi connectivity index (χ0) is 19.1. The number of allylic oxidation sites excluding steroid dienone is 2. The molecule has 2 rings (SSSR count). The Balaban J connectivity index is 2.13. The summed E-state index contributed by atoms with van der Waals surface area (Å²) in [5.74, 6) is -1.00. The highest BCUT2D eigenvalue weighted by atomic mass is 35.5. The fraction of sp³-hybridized carbons (Fsp3) is 0.444. The number of esters is 1. The Morgan fingerprint density at radius 2 is 2.19 bits per heavy atom. The molecule has 0 bridgehead atoms. The molecule has 140 valence electrons. The predicted molar refractivity (Wildman–Crippen MR) is 96.9 cm³/mol. The van der Waals surface area contributed by atoms with E-state index in [0.29, 0.717) is 6.42 Å². The highest BCUT2D eigenvalue weighted by molar-refractivity contribution is 6.30. The molecular weight excluding hydrogens is 360 g/mol. The third-order valence-corrected chi connectivity index (χ3v) is 4.47. The number of nitro benzene ring substituents is 1. The summed E-state index contributed by atoms with van der Waals surface area (Å²) in [4.78, 5) is 35.3. The van der Waals surface area contributed by atoms with Gasteiger partial charge in [0.15, 0.2) is 0 Å². The van der Waals surface area contributed by atoms with Gasteiger partial charge in [-0.1, -0.05) is 29.8 Å². The summed E-state index contributed by atoms with van der Waals surface area (Å²) in [6, 6.07) is 3.38. The highest BCUT2D eigenvalue weighted by Crippen LogP contribution is 2.25. The Hall–Kier alpha value is -2.41. The van der Waals surface area contributed by atoms with Gasteiger partial charge in [-0.25, -0.2) is 4.79 Å². The maximum atomic E-state index is 12.4. The van der Waals surface area contributed by atoms with Gasteiger partial charge in [-0.3, -0.25) is 14.9 Å². The molecule has 2 atom stereocenters. The molecule has 1 aliphatic rings. The molecule has 1 aromatic carbocycles. The van der Waals surface area contributed by atoms with Crippen molar-refractivity contribution in [3.63, 3.8) is 0 Å². The maximum absolute atomic E-state index is 12.4. The molecule has 0 aromatic heterocycles. The fourth-order valence-corrected chi connectivity index (χ4v) is 3.14. The maximum Gasteiger partial charge on any atom is 0.328 e. The van der Waals surface area contributed by atoms with E-state index in [9.17, 15) is 19.7 Å². The number of nitrogens with one attached hydrogen (secondary N) is 1. The molecule has 0 aliphatic heterocycles. The Morgan fingerprint density at radius 3 is 2.81 bits per heavy atom. The molecule has 2 unspecified atom stereocenters. The van der Waals surface area contributed by atoms with Gasteiger partial charge in [-0.15, -0.1) is 0 Å². The van der Waals surface area contributed by atoms with E-state index >= 15 is 0 Å². The van der Waals surface area contributed by atoms with Crippen LogP contribution >= 0.6 is 11.6 Å². The van der Waals surface area contributed by atoms with Gasteiger partial charge in [0.2, 0.25) is 5.91 Å². The molecule has 1 aliphatic carbocycles.